The van der Waals surface area contributed by atoms with Crippen LogP contribution in [0.1, 0.15) is 5.56 Å². The Morgan fingerprint density at radius 2 is 1.15 bits per heavy atom. The van der Waals surface area contributed by atoms with Crippen LogP contribution in [0.2, 0.25) is 0 Å². The van der Waals surface area contributed by atoms with Gasteiger partial charge in [0.15, 0.2) is 0 Å². The van der Waals surface area contributed by atoms with E-state index < -0.39 is 0 Å². The number of hydrogen-bond acceptors (Lipinski definition) is 2. The summed E-state index contributed by atoms with van der Waals surface area (Å²) in [5.41, 5.74) is 17.5. The monoisotopic (exact) mass is 629 g/mol. The fraction of sp³-hybridized carbons (Fsp3) is 0. The van der Waals surface area contributed by atoms with Crippen molar-refractivity contribution >= 4 is 80.8 Å². The summed E-state index contributed by atoms with van der Waals surface area (Å²) in [6.45, 7) is 0. The number of para-hydroxylation sites is 4. The Bertz CT molecular complexity index is 2970. The van der Waals surface area contributed by atoms with Gasteiger partial charge in [-0.25, -0.2) is 0 Å². The summed E-state index contributed by atoms with van der Waals surface area (Å²) in [6, 6.07) is 51.7. The van der Waals surface area contributed by atoms with Crippen LogP contribution in [0.15, 0.2) is 146 Å². The van der Waals surface area contributed by atoms with Crippen molar-refractivity contribution in [3.8, 4) is 34.8 Å². The lowest BCUT2D eigenvalue weighted by molar-refractivity contribution is 1.18. The molecule has 0 aliphatic carbocycles. The summed E-state index contributed by atoms with van der Waals surface area (Å²) < 4.78 is 7.25. The minimum absolute atomic E-state index is 0.725. The Morgan fingerprint density at radius 1 is 0.500 bits per heavy atom. The van der Waals surface area contributed by atoms with Crippen LogP contribution in [0, 0.1) is 12.3 Å². The van der Waals surface area contributed by atoms with Crippen LogP contribution in [0.3, 0.4) is 0 Å². The minimum Gasteiger partial charge on any atom is -0.397 e. The number of nitrogen functional groups attached to an aromatic ring is 1. The maximum Gasteiger partial charge on any atom is 0.0771 e. The number of thiophene rings is 1. The lowest BCUT2D eigenvalue weighted by atomic mass is 9.99. The second-order valence-corrected chi connectivity index (χ2v) is 13.3. The maximum atomic E-state index is 6.95. The van der Waals surface area contributed by atoms with Gasteiger partial charge in [0.05, 0.1) is 33.4 Å². The molecule has 0 spiro atoms. The molecule has 10 rings (SSSR count). The number of benzene rings is 7. The third-order valence-electron chi connectivity index (χ3n) is 9.73. The quantitative estimate of drug-likeness (QED) is 0.153. The highest BCUT2D eigenvalue weighted by Gasteiger charge is 2.22. The minimum atomic E-state index is 0.725. The van der Waals surface area contributed by atoms with Crippen molar-refractivity contribution in [2.24, 2.45) is 0 Å². The van der Waals surface area contributed by atoms with Gasteiger partial charge in [-0.3, -0.25) is 0 Å². The first-order valence-corrected chi connectivity index (χ1v) is 16.8. The molecule has 0 fully saturated rings. The molecule has 0 bridgehead atoms. The number of nitrogens with zero attached hydrogens (tertiary/aromatic N) is 2. The number of nitrogens with two attached hydrogens (primary N) is 1. The zero-order chi connectivity index (χ0) is 31.9. The van der Waals surface area contributed by atoms with Crippen molar-refractivity contribution in [3.63, 3.8) is 0 Å². The highest BCUT2D eigenvalue weighted by atomic mass is 32.1. The van der Waals surface area contributed by atoms with Gasteiger partial charge in [-0.15, -0.1) is 17.8 Å². The molecule has 0 saturated carbocycles. The fourth-order valence-electron chi connectivity index (χ4n) is 7.71. The van der Waals surface area contributed by atoms with Gasteiger partial charge in [0.1, 0.15) is 0 Å². The van der Waals surface area contributed by atoms with Gasteiger partial charge >= 0.3 is 0 Å². The van der Waals surface area contributed by atoms with Crippen LogP contribution in [-0.4, -0.2) is 9.13 Å². The average Bonchev–Trinajstić information content (AvgIpc) is 3.79. The molecular formula is C44H27N3S. The fourth-order valence-corrected chi connectivity index (χ4v) is 9.09. The molecule has 0 aliphatic rings. The van der Waals surface area contributed by atoms with Gasteiger partial charge in [0, 0.05) is 64.1 Å². The number of aromatic nitrogens is 2. The van der Waals surface area contributed by atoms with E-state index in [1.807, 2.05) is 23.5 Å². The van der Waals surface area contributed by atoms with Crippen LogP contribution < -0.4 is 5.73 Å². The van der Waals surface area contributed by atoms with Gasteiger partial charge in [0.2, 0.25) is 0 Å². The molecule has 0 atom stereocenters. The predicted molar refractivity (Wildman–Crippen MR) is 206 cm³/mol. The summed E-state index contributed by atoms with van der Waals surface area (Å²) in [6.07, 6.45) is 5.83. The smallest absolute Gasteiger partial charge is 0.0771 e. The van der Waals surface area contributed by atoms with Crippen molar-refractivity contribution in [2.45, 2.75) is 0 Å². The van der Waals surface area contributed by atoms with Crippen LogP contribution in [0.4, 0.5) is 5.69 Å². The first-order chi connectivity index (χ1) is 23.7. The van der Waals surface area contributed by atoms with Crippen molar-refractivity contribution in [2.75, 3.05) is 5.73 Å². The van der Waals surface area contributed by atoms with Gasteiger partial charge in [0.25, 0.3) is 0 Å². The van der Waals surface area contributed by atoms with Gasteiger partial charge < -0.3 is 14.9 Å². The van der Waals surface area contributed by atoms with E-state index in [1.54, 1.807) is 0 Å². The van der Waals surface area contributed by atoms with E-state index in [0.717, 1.165) is 50.0 Å². The molecule has 224 valence electrons. The lowest BCUT2D eigenvalue weighted by Gasteiger charge is -2.17. The van der Waals surface area contributed by atoms with Gasteiger partial charge in [-0.2, -0.15) is 0 Å². The lowest BCUT2D eigenvalue weighted by Crippen LogP contribution is -2.02. The van der Waals surface area contributed by atoms with Crippen molar-refractivity contribution in [1.82, 2.24) is 9.13 Å². The number of anilines is 1. The Balaban J connectivity index is 1.30. The summed E-state index contributed by atoms with van der Waals surface area (Å²) in [7, 11) is 0. The van der Waals surface area contributed by atoms with Gasteiger partial charge in [-0.05, 0) is 54.6 Å². The van der Waals surface area contributed by atoms with E-state index >= 15 is 0 Å². The van der Waals surface area contributed by atoms with E-state index in [2.05, 4.69) is 149 Å². The number of rotatable bonds is 3. The molecule has 0 amide bonds. The summed E-state index contributed by atoms with van der Waals surface area (Å²) in [5, 5.41) is 7.34. The Morgan fingerprint density at radius 3 is 1.98 bits per heavy atom. The molecule has 0 aliphatic heterocycles. The molecule has 2 N–H and O–H groups in total. The Kier molecular flexibility index (Phi) is 5.66. The maximum absolute atomic E-state index is 6.95. The second-order valence-electron chi connectivity index (χ2n) is 12.3. The number of hydrogen-bond donors (Lipinski definition) is 1. The summed E-state index contributed by atoms with van der Waals surface area (Å²) in [5.74, 6) is 2.81. The average molecular weight is 630 g/mol. The summed E-state index contributed by atoms with van der Waals surface area (Å²) >= 11 is 1.87. The molecule has 48 heavy (non-hydrogen) atoms. The highest BCUT2D eigenvalue weighted by Crippen LogP contribution is 2.48. The molecule has 3 aromatic heterocycles. The molecule has 3 nitrogen and oxygen atoms in total. The molecule has 0 radical (unpaired) electrons. The molecule has 10 aromatic rings. The molecule has 3 heterocycles. The molecular weight excluding hydrogens is 603 g/mol. The topological polar surface area (TPSA) is 35.9 Å². The van der Waals surface area contributed by atoms with Crippen molar-refractivity contribution < 1.29 is 0 Å². The molecule has 0 saturated heterocycles. The standard InChI is InChI=1S/C44H27N3S/c1-2-27-22-24-39-35(26-27)29-14-6-8-20-37(29)47(39)42-30(16-11-19-36(42)45)31-17-10-18-32-33-23-25-40-41(44(33)48-43(31)32)34-15-7-9-21-38(34)46(40)28-12-4-3-5-13-28/h1,3-26H,45H2. The van der Waals surface area contributed by atoms with Crippen molar-refractivity contribution in [1.29, 1.82) is 0 Å². The van der Waals surface area contributed by atoms with E-state index in [1.165, 1.54) is 47.5 Å². The second kappa shape index (κ2) is 10.1. The van der Waals surface area contributed by atoms with E-state index in [9.17, 15) is 0 Å². The number of fused-ring (bicyclic) bond motifs is 10. The third-order valence-corrected chi connectivity index (χ3v) is 11.0. The van der Waals surface area contributed by atoms with Crippen LogP contribution in [0.5, 0.6) is 0 Å². The van der Waals surface area contributed by atoms with E-state index in [0.29, 0.717) is 0 Å². The molecule has 0 unspecified atom stereocenters. The Labute approximate surface area is 280 Å². The zero-order valence-corrected chi connectivity index (χ0v) is 26.6. The molecule has 7 aromatic carbocycles. The van der Waals surface area contributed by atoms with E-state index in [4.69, 9.17) is 12.2 Å². The summed E-state index contributed by atoms with van der Waals surface area (Å²) in [4.78, 5) is 0. The first-order valence-electron chi connectivity index (χ1n) is 16.0. The SMILES string of the molecule is C#Cc1ccc2c(c1)c1ccccc1n2-c1c(N)cccc1-c1cccc2c1sc1c2ccc2c1c1ccccc1n2-c1ccccc1. The highest BCUT2D eigenvalue weighted by molar-refractivity contribution is 7.27. The third kappa shape index (κ3) is 3.65. The predicted octanol–water partition coefficient (Wildman–Crippen LogP) is 11.5. The molecule has 4 heteroatoms. The van der Waals surface area contributed by atoms with E-state index in [-0.39, 0.29) is 0 Å². The van der Waals surface area contributed by atoms with Crippen LogP contribution in [-0.2, 0) is 0 Å². The van der Waals surface area contributed by atoms with Crippen LogP contribution >= 0.6 is 11.3 Å². The normalized spacial score (nSPS) is 11.8. The van der Waals surface area contributed by atoms with Gasteiger partial charge in [-0.1, -0.05) is 96.9 Å². The first kappa shape index (κ1) is 26.9. The van der Waals surface area contributed by atoms with Crippen LogP contribution in [0.25, 0.3) is 86.3 Å². The Hall–Kier alpha value is -6.28. The largest absolute Gasteiger partial charge is 0.397 e. The zero-order valence-electron chi connectivity index (χ0n) is 25.8. The van der Waals surface area contributed by atoms with Crippen molar-refractivity contribution in [3.05, 3.63) is 151 Å². The number of terminal acetylenes is 1.